The quantitative estimate of drug-likeness (QED) is 0.265. The SMILES string of the molecule is CC(C)(C)OC(=O)CN(c1ccc2c(c1)c(I)cn2-c1ccc(N2CCNC2=O)nn1)S(=O)(=O)C1C=C(Cl)C=C(Cl)C1. The summed E-state index contributed by atoms with van der Waals surface area (Å²) in [6.45, 7) is 5.65. The van der Waals surface area contributed by atoms with Gasteiger partial charge in [0.15, 0.2) is 11.6 Å². The smallest absolute Gasteiger partial charge is 0.327 e. The van der Waals surface area contributed by atoms with Gasteiger partial charge in [-0.25, -0.2) is 13.2 Å². The van der Waals surface area contributed by atoms with Gasteiger partial charge < -0.3 is 10.1 Å². The van der Waals surface area contributed by atoms with Crippen LogP contribution in [-0.4, -0.2) is 65.7 Å². The number of hydrogen-bond donors (Lipinski definition) is 1. The zero-order valence-corrected chi connectivity index (χ0v) is 27.3. The standard InChI is InChI=1S/C27H27Cl2IN6O5S/c1-27(2,3)41-25(37)15-36(42(39,40)19-11-16(28)10-17(29)12-19)18-4-5-22-20(13-18)21(30)14-35(22)24-7-6-23(32-33-24)34-9-8-31-26(34)38/h4-7,10-11,13-14,19H,8-9,12,15H2,1-3H3,(H,31,38). The molecule has 11 nitrogen and oxygen atoms in total. The number of nitrogens with zero attached hydrogens (tertiary/aromatic N) is 5. The van der Waals surface area contributed by atoms with Gasteiger partial charge in [0.1, 0.15) is 17.4 Å². The Balaban J connectivity index is 1.52. The number of hydrogen-bond acceptors (Lipinski definition) is 7. The molecular formula is C27H27Cl2IN6O5S. The molecule has 15 heteroatoms. The van der Waals surface area contributed by atoms with Crippen LogP contribution < -0.4 is 14.5 Å². The first-order valence-electron chi connectivity index (χ1n) is 12.9. The number of sulfonamides is 1. The molecule has 1 unspecified atom stereocenters. The number of anilines is 2. The second-order valence-electron chi connectivity index (χ2n) is 10.7. The minimum Gasteiger partial charge on any atom is -0.459 e. The van der Waals surface area contributed by atoms with Gasteiger partial charge in [-0.3, -0.25) is 18.6 Å². The summed E-state index contributed by atoms with van der Waals surface area (Å²) in [5.41, 5.74) is 0.212. The van der Waals surface area contributed by atoms with E-state index in [-0.39, 0.29) is 23.2 Å². The van der Waals surface area contributed by atoms with E-state index in [0.29, 0.717) is 29.8 Å². The van der Waals surface area contributed by atoms with E-state index >= 15 is 0 Å². The number of urea groups is 1. The first-order valence-corrected chi connectivity index (χ1v) is 16.2. The molecule has 2 aliphatic rings. The zero-order valence-electron chi connectivity index (χ0n) is 22.8. The number of rotatable bonds is 7. The van der Waals surface area contributed by atoms with Crippen molar-refractivity contribution in [3.8, 4) is 5.82 Å². The summed E-state index contributed by atoms with van der Waals surface area (Å²) in [6, 6.07) is 8.34. The normalized spacial score (nSPS) is 17.6. The Morgan fingerprint density at radius 1 is 1.19 bits per heavy atom. The highest BCUT2D eigenvalue weighted by Gasteiger charge is 2.36. The average molecular weight is 745 g/mol. The largest absolute Gasteiger partial charge is 0.459 e. The molecule has 1 atom stereocenters. The Morgan fingerprint density at radius 2 is 1.90 bits per heavy atom. The maximum absolute atomic E-state index is 14.0. The van der Waals surface area contributed by atoms with Gasteiger partial charge in [-0.15, -0.1) is 10.2 Å². The van der Waals surface area contributed by atoms with E-state index in [4.69, 9.17) is 27.9 Å². The number of esters is 1. The van der Waals surface area contributed by atoms with Crippen molar-refractivity contribution in [3.63, 3.8) is 0 Å². The van der Waals surface area contributed by atoms with Gasteiger partial charge in [-0.2, -0.15) is 0 Å². The Labute approximate surface area is 266 Å². The monoisotopic (exact) mass is 744 g/mol. The van der Waals surface area contributed by atoms with Crippen LogP contribution in [0.4, 0.5) is 16.3 Å². The van der Waals surface area contributed by atoms with Crippen LogP contribution in [0, 0.1) is 3.57 Å². The lowest BCUT2D eigenvalue weighted by Gasteiger charge is -2.30. The van der Waals surface area contributed by atoms with Gasteiger partial charge >= 0.3 is 12.0 Å². The van der Waals surface area contributed by atoms with E-state index in [1.54, 1.807) is 51.1 Å². The molecule has 222 valence electrons. The number of benzene rings is 1. The Kier molecular flexibility index (Phi) is 8.49. The van der Waals surface area contributed by atoms with Crippen molar-refractivity contribution in [1.82, 2.24) is 20.1 Å². The van der Waals surface area contributed by atoms with Gasteiger partial charge in [-0.05, 0) is 85.8 Å². The van der Waals surface area contributed by atoms with Crippen LogP contribution in [0.5, 0.6) is 0 Å². The van der Waals surface area contributed by atoms with Gasteiger partial charge in [-0.1, -0.05) is 23.2 Å². The molecule has 0 saturated carbocycles. The molecule has 1 aliphatic carbocycles. The van der Waals surface area contributed by atoms with Gasteiger partial charge in [0, 0.05) is 44.7 Å². The van der Waals surface area contributed by atoms with Crippen molar-refractivity contribution in [2.24, 2.45) is 0 Å². The third-order valence-corrected chi connectivity index (χ3v) is 9.84. The number of allylic oxidation sites excluding steroid dienone is 3. The zero-order chi connectivity index (χ0) is 30.4. The third-order valence-electron chi connectivity index (χ3n) is 6.46. The van der Waals surface area contributed by atoms with Gasteiger partial charge in [0.2, 0.25) is 10.0 Å². The van der Waals surface area contributed by atoms with Crippen LogP contribution >= 0.6 is 45.8 Å². The lowest BCUT2D eigenvalue weighted by molar-refractivity contribution is -0.152. The predicted molar refractivity (Wildman–Crippen MR) is 171 cm³/mol. The van der Waals surface area contributed by atoms with E-state index in [0.717, 1.165) is 18.8 Å². The molecule has 1 fully saturated rings. The highest BCUT2D eigenvalue weighted by molar-refractivity contribution is 14.1. The molecule has 1 aromatic carbocycles. The fourth-order valence-corrected chi connectivity index (χ4v) is 7.89. The molecule has 0 radical (unpaired) electrons. The van der Waals surface area contributed by atoms with E-state index < -0.39 is 33.4 Å². The minimum absolute atomic E-state index is 0.0227. The fourth-order valence-electron chi connectivity index (χ4n) is 4.66. The number of amides is 2. The number of carbonyl (C=O) groups is 2. The summed E-state index contributed by atoms with van der Waals surface area (Å²) in [5.74, 6) is 0.255. The molecular weight excluding hydrogens is 718 g/mol. The lowest BCUT2D eigenvalue weighted by atomic mass is 10.2. The number of aromatic nitrogens is 3. The Hall–Kier alpha value is -2.88. The third kappa shape index (κ3) is 6.38. The van der Waals surface area contributed by atoms with Crippen molar-refractivity contribution < 1.29 is 22.7 Å². The molecule has 2 aromatic heterocycles. The summed E-state index contributed by atoms with van der Waals surface area (Å²) in [7, 11) is -4.16. The number of carbonyl (C=O) groups excluding carboxylic acids is 2. The predicted octanol–water partition coefficient (Wildman–Crippen LogP) is 5.05. The molecule has 2 amide bonds. The molecule has 42 heavy (non-hydrogen) atoms. The summed E-state index contributed by atoms with van der Waals surface area (Å²) >= 11 is 14.5. The maximum atomic E-state index is 14.0. The minimum atomic E-state index is -4.16. The van der Waals surface area contributed by atoms with E-state index in [1.165, 1.54) is 17.1 Å². The molecule has 0 bridgehead atoms. The van der Waals surface area contributed by atoms with E-state index in [2.05, 4.69) is 38.1 Å². The number of ether oxygens (including phenoxy) is 1. The molecule has 3 aromatic rings. The van der Waals surface area contributed by atoms with Crippen LogP contribution in [0.15, 0.2) is 58.7 Å². The summed E-state index contributed by atoms with van der Waals surface area (Å²) in [5, 5.41) is 11.4. The van der Waals surface area contributed by atoms with Crippen LogP contribution in [-0.2, 0) is 19.6 Å². The van der Waals surface area contributed by atoms with Gasteiger partial charge in [0.05, 0.1) is 11.2 Å². The highest BCUT2D eigenvalue weighted by Crippen LogP contribution is 2.34. The molecule has 1 N–H and O–H groups in total. The molecule has 5 rings (SSSR count). The van der Waals surface area contributed by atoms with Crippen LogP contribution in [0.25, 0.3) is 16.7 Å². The van der Waals surface area contributed by atoms with Gasteiger partial charge in [0.25, 0.3) is 0 Å². The van der Waals surface area contributed by atoms with Crippen LogP contribution in [0.1, 0.15) is 27.2 Å². The number of nitrogens with one attached hydrogen (secondary N) is 1. The second-order valence-corrected chi connectivity index (χ2v) is 14.9. The molecule has 3 heterocycles. The van der Waals surface area contributed by atoms with Crippen molar-refractivity contribution in [2.45, 2.75) is 38.0 Å². The summed E-state index contributed by atoms with van der Waals surface area (Å²) in [6.07, 6.45) is 4.79. The highest BCUT2D eigenvalue weighted by atomic mass is 127. The van der Waals surface area contributed by atoms with Crippen molar-refractivity contribution >= 4 is 90.2 Å². The molecule has 0 spiro atoms. The fraction of sp³-hybridized carbons (Fsp3) is 0.333. The van der Waals surface area contributed by atoms with Crippen LogP contribution in [0.3, 0.4) is 0 Å². The molecule has 1 saturated heterocycles. The maximum Gasteiger partial charge on any atom is 0.327 e. The Bertz CT molecular complexity index is 1730. The first-order chi connectivity index (χ1) is 19.7. The van der Waals surface area contributed by atoms with E-state index in [1.807, 2.05) is 10.8 Å². The second kappa shape index (κ2) is 11.7. The number of halogens is 3. The lowest BCUT2D eigenvalue weighted by Crippen LogP contribution is -2.43. The van der Waals surface area contributed by atoms with Crippen molar-refractivity contribution in [1.29, 1.82) is 0 Å². The number of fused-ring (bicyclic) bond motifs is 1. The average Bonchev–Trinajstić information content (AvgIpc) is 3.48. The summed E-state index contributed by atoms with van der Waals surface area (Å²) in [4.78, 5) is 26.4. The van der Waals surface area contributed by atoms with Crippen molar-refractivity contribution in [2.75, 3.05) is 28.8 Å². The van der Waals surface area contributed by atoms with Crippen LogP contribution in [0.2, 0.25) is 0 Å². The van der Waals surface area contributed by atoms with E-state index in [9.17, 15) is 18.0 Å². The van der Waals surface area contributed by atoms with Crippen molar-refractivity contribution in [3.05, 3.63) is 62.3 Å². The summed E-state index contributed by atoms with van der Waals surface area (Å²) < 4.78 is 37.1. The Morgan fingerprint density at radius 3 is 2.52 bits per heavy atom. The molecule has 1 aliphatic heterocycles. The topological polar surface area (TPSA) is 127 Å². The first kappa shape index (κ1) is 30.6.